The number of nitrogens with two attached hydrogens (primary N) is 1. The van der Waals surface area contributed by atoms with Gasteiger partial charge in [-0.3, -0.25) is 4.98 Å². The third kappa shape index (κ3) is 2.93. The van der Waals surface area contributed by atoms with Crippen molar-refractivity contribution in [1.29, 1.82) is 0 Å². The first-order chi connectivity index (χ1) is 6.63. The second kappa shape index (κ2) is 4.88. The zero-order chi connectivity index (χ0) is 10.6. The highest BCUT2D eigenvalue weighted by atomic mass is 16.3. The number of anilines is 1. The summed E-state index contributed by atoms with van der Waals surface area (Å²) in [6.45, 7) is 4.21. The van der Waals surface area contributed by atoms with Gasteiger partial charge in [0.1, 0.15) is 5.82 Å². The third-order valence-corrected chi connectivity index (χ3v) is 1.84. The molecular weight excluding hydrogens is 180 g/mol. The van der Waals surface area contributed by atoms with Crippen LogP contribution in [0.3, 0.4) is 0 Å². The van der Waals surface area contributed by atoms with Gasteiger partial charge in [0.05, 0.1) is 18.0 Å². The SMILES string of the molecule is Cc1cnc(C)c(NCC(N)CO)n1. The van der Waals surface area contributed by atoms with Crippen molar-refractivity contribution in [3.8, 4) is 0 Å². The lowest BCUT2D eigenvalue weighted by molar-refractivity contribution is 0.270. The Morgan fingerprint density at radius 3 is 2.93 bits per heavy atom. The topological polar surface area (TPSA) is 84.1 Å². The van der Waals surface area contributed by atoms with Gasteiger partial charge in [0, 0.05) is 18.8 Å². The van der Waals surface area contributed by atoms with Crippen molar-refractivity contribution in [3.63, 3.8) is 0 Å². The molecule has 0 saturated heterocycles. The van der Waals surface area contributed by atoms with Gasteiger partial charge < -0.3 is 16.2 Å². The number of nitrogens with zero attached hydrogens (tertiary/aromatic N) is 2. The first kappa shape index (κ1) is 10.9. The fourth-order valence-corrected chi connectivity index (χ4v) is 0.997. The lowest BCUT2D eigenvalue weighted by Gasteiger charge is -2.11. The molecule has 0 saturated carbocycles. The molecule has 1 aromatic rings. The van der Waals surface area contributed by atoms with Gasteiger partial charge in [-0.25, -0.2) is 4.98 Å². The third-order valence-electron chi connectivity index (χ3n) is 1.84. The molecule has 14 heavy (non-hydrogen) atoms. The van der Waals surface area contributed by atoms with E-state index in [1.165, 1.54) is 0 Å². The van der Waals surface area contributed by atoms with E-state index < -0.39 is 0 Å². The van der Waals surface area contributed by atoms with Crippen molar-refractivity contribution in [1.82, 2.24) is 9.97 Å². The molecule has 0 aliphatic carbocycles. The summed E-state index contributed by atoms with van der Waals surface area (Å²) in [5, 5.41) is 11.8. The van der Waals surface area contributed by atoms with E-state index >= 15 is 0 Å². The number of rotatable bonds is 4. The van der Waals surface area contributed by atoms with Gasteiger partial charge in [-0.05, 0) is 13.8 Å². The van der Waals surface area contributed by atoms with Gasteiger partial charge in [-0.2, -0.15) is 0 Å². The van der Waals surface area contributed by atoms with Crippen LogP contribution in [-0.4, -0.2) is 34.3 Å². The van der Waals surface area contributed by atoms with Crippen LogP contribution in [0.1, 0.15) is 11.4 Å². The molecule has 78 valence electrons. The van der Waals surface area contributed by atoms with Gasteiger partial charge in [0.15, 0.2) is 0 Å². The van der Waals surface area contributed by atoms with Crippen molar-refractivity contribution in [2.45, 2.75) is 19.9 Å². The lowest BCUT2D eigenvalue weighted by atomic mass is 10.3. The maximum absolute atomic E-state index is 8.74. The highest BCUT2D eigenvalue weighted by Gasteiger charge is 2.04. The molecule has 0 aliphatic rings. The number of aromatic nitrogens is 2. The number of aliphatic hydroxyl groups excluding tert-OH is 1. The first-order valence-corrected chi connectivity index (χ1v) is 4.54. The molecule has 0 amide bonds. The fourth-order valence-electron chi connectivity index (χ4n) is 0.997. The molecule has 1 heterocycles. The van der Waals surface area contributed by atoms with Crippen LogP contribution in [0.2, 0.25) is 0 Å². The smallest absolute Gasteiger partial charge is 0.147 e. The van der Waals surface area contributed by atoms with E-state index in [0.29, 0.717) is 6.54 Å². The van der Waals surface area contributed by atoms with Crippen LogP contribution in [0, 0.1) is 13.8 Å². The van der Waals surface area contributed by atoms with E-state index in [-0.39, 0.29) is 12.6 Å². The Morgan fingerprint density at radius 2 is 2.29 bits per heavy atom. The van der Waals surface area contributed by atoms with Crippen molar-refractivity contribution >= 4 is 5.82 Å². The molecule has 0 aliphatic heterocycles. The summed E-state index contributed by atoms with van der Waals surface area (Å²) >= 11 is 0. The monoisotopic (exact) mass is 196 g/mol. The number of nitrogens with one attached hydrogen (secondary N) is 1. The first-order valence-electron chi connectivity index (χ1n) is 4.54. The molecule has 1 rings (SSSR count). The molecule has 0 spiro atoms. The summed E-state index contributed by atoms with van der Waals surface area (Å²) in [4.78, 5) is 8.42. The predicted molar refractivity (Wildman–Crippen MR) is 55.1 cm³/mol. The number of aliphatic hydroxyl groups is 1. The molecule has 4 N–H and O–H groups in total. The van der Waals surface area contributed by atoms with Gasteiger partial charge in [0.2, 0.25) is 0 Å². The predicted octanol–water partition coefficient (Wildman–Crippen LogP) is -0.175. The van der Waals surface area contributed by atoms with Gasteiger partial charge >= 0.3 is 0 Å². The van der Waals surface area contributed by atoms with Crippen LogP contribution in [0.4, 0.5) is 5.82 Å². The minimum atomic E-state index is -0.267. The van der Waals surface area contributed by atoms with Crippen LogP contribution in [0.25, 0.3) is 0 Å². The summed E-state index contributed by atoms with van der Waals surface area (Å²) in [6.07, 6.45) is 1.71. The van der Waals surface area contributed by atoms with Crippen LogP contribution in [0.15, 0.2) is 6.20 Å². The summed E-state index contributed by atoms with van der Waals surface area (Å²) in [7, 11) is 0. The van der Waals surface area contributed by atoms with Gasteiger partial charge in [-0.15, -0.1) is 0 Å². The summed E-state index contributed by atoms with van der Waals surface area (Å²) in [6, 6.07) is -0.267. The minimum absolute atomic E-state index is 0.0364. The number of hydrogen-bond donors (Lipinski definition) is 3. The minimum Gasteiger partial charge on any atom is -0.395 e. The van der Waals surface area contributed by atoms with Gasteiger partial charge in [-0.1, -0.05) is 0 Å². The largest absolute Gasteiger partial charge is 0.395 e. The van der Waals surface area contributed by atoms with Gasteiger partial charge in [0.25, 0.3) is 0 Å². The Bertz CT molecular complexity index is 303. The zero-order valence-corrected chi connectivity index (χ0v) is 8.49. The van der Waals surface area contributed by atoms with Crippen molar-refractivity contribution in [2.75, 3.05) is 18.5 Å². The highest BCUT2D eigenvalue weighted by molar-refractivity contribution is 5.39. The normalized spacial score (nSPS) is 12.6. The highest BCUT2D eigenvalue weighted by Crippen LogP contribution is 2.07. The van der Waals surface area contributed by atoms with Crippen LogP contribution < -0.4 is 11.1 Å². The lowest BCUT2D eigenvalue weighted by Crippen LogP contribution is -2.32. The van der Waals surface area contributed by atoms with E-state index in [9.17, 15) is 0 Å². The molecule has 0 bridgehead atoms. The van der Waals surface area contributed by atoms with E-state index in [4.69, 9.17) is 10.8 Å². The van der Waals surface area contributed by atoms with E-state index in [0.717, 1.165) is 17.2 Å². The quantitative estimate of drug-likeness (QED) is 0.622. The van der Waals surface area contributed by atoms with E-state index in [1.54, 1.807) is 6.20 Å². The Kier molecular flexibility index (Phi) is 3.79. The summed E-state index contributed by atoms with van der Waals surface area (Å²) in [5.74, 6) is 0.730. The molecule has 5 heteroatoms. The molecular formula is C9H16N4O. The molecule has 1 atom stereocenters. The molecule has 0 aromatic carbocycles. The maximum atomic E-state index is 8.74. The Labute approximate surface area is 83.4 Å². The van der Waals surface area contributed by atoms with Crippen LogP contribution in [-0.2, 0) is 0 Å². The number of aryl methyl sites for hydroxylation is 2. The molecule has 0 radical (unpaired) electrons. The van der Waals surface area contributed by atoms with E-state index in [2.05, 4.69) is 15.3 Å². The zero-order valence-electron chi connectivity index (χ0n) is 8.49. The maximum Gasteiger partial charge on any atom is 0.147 e. The standard InChI is InChI=1S/C9H16N4O/c1-6-3-11-7(2)9(13-6)12-4-8(10)5-14/h3,8,14H,4-5,10H2,1-2H3,(H,12,13). The second-order valence-corrected chi connectivity index (χ2v) is 3.27. The molecule has 5 nitrogen and oxygen atoms in total. The second-order valence-electron chi connectivity index (χ2n) is 3.27. The van der Waals surface area contributed by atoms with Crippen LogP contribution in [0.5, 0.6) is 0 Å². The van der Waals surface area contributed by atoms with Crippen LogP contribution >= 0.6 is 0 Å². The molecule has 1 unspecified atom stereocenters. The number of hydrogen-bond acceptors (Lipinski definition) is 5. The average molecular weight is 196 g/mol. The van der Waals surface area contributed by atoms with Crippen molar-refractivity contribution < 1.29 is 5.11 Å². The Hall–Kier alpha value is -1.20. The van der Waals surface area contributed by atoms with Crippen molar-refractivity contribution in [2.24, 2.45) is 5.73 Å². The Morgan fingerprint density at radius 1 is 1.57 bits per heavy atom. The summed E-state index contributed by atoms with van der Waals surface area (Å²) < 4.78 is 0. The summed E-state index contributed by atoms with van der Waals surface area (Å²) in [5.41, 5.74) is 7.24. The van der Waals surface area contributed by atoms with E-state index in [1.807, 2.05) is 13.8 Å². The average Bonchev–Trinajstić information content (AvgIpc) is 2.19. The Balaban J connectivity index is 2.62. The fraction of sp³-hybridized carbons (Fsp3) is 0.556. The van der Waals surface area contributed by atoms with Crippen molar-refractivity contribution in [3.05, 3.63) is 17.6 Å². The molecule has 1 aromatic heterocycles. The molecule has 0 fully saturated rings.